The predicted molar refractivity (Wildman–Crippen MR) is 85.8 cm³/mol. The number of hydrogen-bond donors (Lipinski definition) is 0. The Bertz CT molecular complexity index is 617. The minimum absolute atomic E-state index is 0.251. The Kier molecular flexibility index (Phi) is 5.00. The minimum atomic E-state index is -0.251. The van der Waals surface area contributed by atoms with Crippen LogP contribution < -0.4 is 4.74 Å². The average molecular weight is 286 g/mol. The van der Waals surface area contributed by atoms with Crippen molar-refractivity contribution in [2.75, 3.05) is 0 Å². The van der Waals surface area contributed by atoms with Gasteiger partial charge in [-0.15, -0.1) is 0 Å². The lowest BCUT2D eigenvalue weighted by molar-refractivity contribution is 0.475. The largest absolute Gasteiger partial charge is 0.457 e. The molecule has 0 spiro atoms. The highest BCUT2D eigenvalue weighted by atomic mass is 19.1. The molecule has 0 saturated heterocycles. The minimum Gasteiger partial charge on any atom is -0.457 e. The summed E-state index contributed by atoms with van der Waals surface area (Å²) in [6.45, 7) is 8.53. The fraction of sp³-hybridized carbons (Fsp3) is 0.368. The Morgan fingerprint density at radius 3 is 2.33 bits per heavy atom. The molecule has 0 atom stereocenters. The van der Waals surface area contributed by atoms with Gasteiger partial charge in [0.2, 0.25) is 0 Å². The molecule has 0 saturated carbocycles. The first kappa shape index (κ1) is 15.6. The van der Waals surface area contributed by atoms with Crippen LogP contribution >= 0.6 is 0 Å². The van der Waals surface area contributed by atoms with Crippen molar-refractivity contribution in [2.24, 2.45) is 0 Å². The quantitative estimate of drug-likeness (QED) is 0.668. The molecule has 0 bridgehead atoms. The third-order valence-electron chi connectivity index (χ3n) is 3.69. The zero-order valence-electron chi connectivity index (χ0n) is 13.2. The zero-order chi connectivity index (χ0) is 15.4. The van der Waals surface area contributed by atoms with Gasteiger partial charge in [0.25, 0.3) is 0 Å². The van der Waals surface area contributed by atoms with Crippen LogP contribution in [-0.4, -0.2) is 0 Å². The van der Waals surface area contributed by atoms with Crippen LogP contribution in [0.2, 0.25) is 0 Å². The molecule has 2 rings (SSSR count). The van der Waals surface area contributed by atoms with Crippen molar-refractivity contribution < 1.29 is 9.13 Å². The van der Waals surface area contributed by atoms with E-state index in [9.17, 15) is 4.39 Å². The fourth-order valence-corrected chi connectivity index (χ4v) is 2.53. The van der Waals surface area contributed by atoms with Crippen LogP contribution in [0.5, 0.6) is 11.5 Å². The summed E-state index contributed by atoms with van der Waals surface area (Å²) in [5, 5.41) is 0. The van der Waals surface area contributed by atoms with E-state index < -0.39 is 0 Å². The second-order valence-corrected chi connectivity index (χ2v) is 5.62. The van der Waals surface area contributed by atoms with Crippen molar-refractivity contribution in [3.63, 3.8) is 0 Å². The highest BCUT2D eigenvalue weighted by Crippen LogP contribution is 2.29. The lowest BCUT2D eigenvalue weighted by atomic mass is 9.95. The molecule has 2 aromatic carbocycles. The lowest BCUT2D eigenvalue weighted by Crippen LogP contribution is -1.96. The molecule has 0 aromatic heterocycles. The van der Waals surface area contributed by atoms with Crippen LogP contribution in [0.4, 0.5) is 4.39 Å². The summed E-state index contributed by atoms with van der Waals surface area (Å²) < 4.78 is 19.4. The van der Waals surface area contributed by atoms with Crippen LogP contribution in [0, 0.1) is 5.82 Å². The fourth-order valence-electron chi connectivity index (χ4n) is 2.53. The van der Waals surface area contributed by atoms with Gasteiger partial charge >= 0.3 is 0 Å². The second-order valence-electron chi connectivity index (χ2n) is 5.62. The van der Waals surface area contributed by atoms with Crippen LogP contribution in [0.15, 0.2) is 36.4 Å². The van der Waals surface area contributed by atoms with E-state index in [1.165, 1.54) is 17.2 Å². The van der Waals surface area contributed by atoms with Gasteiger partial charge in [-0.2, -0.15) is 0 Å². The first-order valence-corrected chi connectivity index (χ1v) is 7.63. The van der Waals surface area contributed by atoms with Gasteiger partial charge in [-0.05, 0) is 59.7 Å². The molecule has 112 valence electrons. The van der Waals surface area contributed by atoms with E-state index in [1.807, 2.05) is 19.1 Å². The number of ether oxygens (including phenoxy) is 1. The molecule has 0 aliphatic rings. The first-order chi connectivity index (χ1) is 10.0. The predicted octanol–water partition coefficient (Wildman–Crippen LogP) is 5.87. The van der Waals surface area contributed by atoms with Crippen molar-refractivity contribution in [3.05, 3.63) is 58.9 Å². The van der Waals surface area contributed by atoms with E-state index in [0.29, 0.717) is 11.7 Å². The molecule has 0 aliphatic carbocycles. The van der Waals surface area contributed by atoms with Gasteiger partial charge in [0.05, 0.1) is 0 Å². The highest BCUT2D eigenvalue weighted by molar-refractivity contribution is 5.40. The van der Waals surface area contributed by atoms with Gasteiger partial charge in [-0.3, -0.25) is 0 Å². The SMILES string of the molecule is CCc1cc(F)cc(Oc2ccc(C(C)C)c(CC)c2)c1. The summed E-state index contributed by atoms with van der Waals surface area (Å²) in [6, 6.07) is 11.0. The molecule has 21 heavy (non-hydrogen) atoms. The molecule has 0 aliphatic heterocycles. The van der Waals surface area contributed by atoms with E-state index in [-0.39, 0.29) is 5.82 Å². The maximum Gasteiger partial charge on any atom is 0.130 e. The van der Waals surface area contributed by atoms with Crippen LogP contribution in [0.25, 0.3) is 0 Å². The Hall–Kier alpha value is -1.83. The molecule has 2 heteroatoms. The molecule has 0 heterocycles. The molecule has 0 N–H and O–H groups in total. The van der Waals surface area contributed by atoms with Crippen LogP contribution in [0.1, 0.15) is 50.3 Å². The number of aryl methyl sites for hydroxylation is 2. The molecule has 2 aromatic rings. The maximum atomic E-state index is 13.6. The van der Waals surface area contributed by atoms with E-state index in [0.717, 1.165) is 24.2 Å². The van der Waals surface area contributed by atoms with Gasteiger partial charge in [0.15, 0.2) is 0 Å². The lowest BCUT2D eigenvalue weighted by Gasteiger charge is -2.14. The Labute approximate surface area is 126 Å². The maximum absolute atomic E-state index is 13.6. The van der Waals surface area contributed by atoms with Crippen LogP contribution in [0.3, 0.4) is 0 Å². The van der Waals surface area contributed by atoms with Crippen molar-refractivity contribution in [1.29, 1.82) is 0 Å². The smallest absolute Gasteiger partial charge is 0.130 e. The van der Waals surface area contributed by atoms with Gasteiger partial charge in [-0.1, -0.05) is 33.8 Å². The summed E-state index contributed by atoms with van der Waals surface area (Å²) in [7, 11) is 0. The van der Waals surface area contributed by atoms with Crippen molar-refractivity contribution in [1.82, 2.24) is 0 Å². The van der Waals surface area contributed by atoms with Crippen LogP contribution in [-0.2, 0) is 12.8 Å². The van der Waals surface area contributed by atoms with Crippen molar-refractivity contribution in [2.45, 2.75) is 46.5 Å². The third-order valence-corrected chi connectivity index (χ3v) is 3.69. The summed E-state index contributed by atoms with van der Waals surface area (Å²) >= 11 is 0. The Balaban J connectivity index is 2.29. The molecule has 0 unspecified atom stereocenters. The molecule has 0 fully saturated rings. The summed E-state index contributed by atoms with van der Waals surface area (Å²) in [5.41, 5.74) is 3.58. The zero-order valence-corrected chi connectivity index (χ0v) is 13.2. The monoisotopic (exact) mass is 286 g/mol. The molecular weight excluding hydrogens is 263 g/mol. The number of hydrogen-bond acceptors (Lipinski definition) is 1. The van der Waals surface area contributed by atoms with Gasteiger partial charge in [0.1, 0.15) is 17.3 Å². The average Bonchev–Trinajstić information content (AvgIpc) is 2.46. The normalized spacial score (nSPS) is 11.0. The van der Waals surface area contributed by atoms with Crippen molar-refractivity contribution in [3.8, 4) is 11.5 Å². The molecule has 0 radical (unpaired) electrons. The molecular formula is C19H23FO. The van der Waals surface area contributed by atoms with Gasteiger partial charge in [-0.25, -0.2) is 4.39 Å². The summed E-state index contributed by atoms with van der Waals surface area (Å²) in [6.07, 6.45) is 1.76. The molecule has 0 amide bonds. The van der Waals surface area contributed by atoms with Gasteiger partial charge in [0, 0.05) is 6.07 Å². The Morgan fingerprint density at radius 2 is 1.71 bits per heavy atom. The number of benzene rings is 2. The van der Waals surface area contributed by atoms with Crippen molar-refractivity contribution >= 4 is 0 Å². The third kappa shape index (κ3) is 3.84. The van der Waals surface area contributed by atoms with E-state index in [2.05, 4.69) is 32.9 Å². The Morgan fingerprint density at radius 1 is 0.952 bits per heavy atom. The summed E-state index contributed by atoms with van der Waals surface area (Å²) in [4.78, 5) is 0. The first-order valence-electron chi connectivity index (χ1n) is 7.63. The van der Waals surface area contributed by atoms with E-state index in [4.69, 9.17) is 4.74 Å². The second kappa shape index (κ2) is 6.75. The topological polar surface area (TPSA) is 9.23 Å². The van der Waals surface area contributed by atoms with E-state index in [1.54, 1.807) is 6.07 Å². The standard InChI is InChI=1S/C19H23FO/c1-5-14-9-16(20)12-18(10-14)21-17-7-8-19(13(3)4)15(6-2)11-17/h7-13H,5-6H2,1-4H3. The molecule has 1 nitrogen and oxygen atoms in total. The number of rotatable bonds is 5. The van der Waals surface area contributed by atoms with Gasteiger partial charge < -0.3 is 4.74 Å². The number of halogens is 1. The highest BCUT2D eigenvalue weighted by Gasteiger charge is 2.08. The van der Waals surface area contributed by atoms with E-state index >= 15 is 0 Å². The summed E-state index contributed by atoms with van der Waals surface area (Å²) in [5.74, 6) is 1.57.